The molecule has 1 aromatic carbocycles. The molecule has 170 valence electrons. The Labute approximate surface area is 188 Å². The standard InChI is InChI=1S/C22H20FN4O5P/c23-21-5-1-3-17(25-21)11-15-6-8-16(9-7-15)12-18-13-20(32-26-18)19-4-2-10-27(22(19)24)14-31-33(28,29)30/h1-10,13,24H,11-12,14H2,(H2,28,29,30)/p+1. The summed E-state index contributed by atoms with van der Waals surface area (Å²) in [5.41, 5.74) is 9.99. The SMILES string of the molecule is Nc1c(-c2cc(Cc3ccc(Cc4cccc(F)n4)cc3)no2)ccc[n+]1COP(=O)(O)O. The van der Waals surface area contributed by atoms with Crippen LogP contribution in [-0.2, 0) is 28.7 Å². The summed E-state index contributed by atoms with van der Waals surface area (Å²) in [6.45, 7) is -0.414. The number of benzene rings is 1. The third kappa shape index (κ3) is 6.09. The van der Waals surface area contributed by atoms with E-state index in [1.165, 1.54) is 16.8 Å². The van der Waals surface area contributed by atoms with Crippen molar-refractivity contribution in [1.29, 1.82) is 0 Å². The molecule has 0 saturated carbocycles. The van der Waals surface area contributed by atoms with Gasteiger partial charge < -0.3 is 14.3 Å². The fourth-order valence-electron chi connectivity index (χ4n) is 3.29. The normalized spacial score (nSPS) is 11.6. The van der Waals surface area contributed by atoms with Gasteiger partial charge in [0.1, 0.15) is 5.56 Å². The minimum Gasteiger partial charge on any atom is -0.356 e. The van der Waals surface area contributed by atoms with Gasteiger partial charge in [-0.3, -0.25) is 5.73 Å². The number of rotatable bonds is 8. The predicted octanol–water partition coefficient (Wildman–Crippen LogP) is 2.99. The van der Waals surface area contributed by atoms with E-state index in [0.717, 1.165) is 11.1 Å². The number of halogens is 1. The van der Waals surface area contributed by atoms with Crippen LogP contribution in [-0.4, -0.2) is 19.9 Å². The van der Waals surface area contributed by atoms with Crippen LogP contribution in [0.25, 0.3) is 11.3 Å². The summed E-state index contributed by atoms with van der Waals surface area (Å²) < 4.78 is 35.5. The first-order valence-corrected chi connectivity index (χ1v) is 11.4. The highest BCUT2D eigenvalue weighted by molar-refractivity contribution is 7.46. The first-order valence-electron chi connectivity index (χ1n) is 9.90. The number of anilines is 1. The van der Waals surface area contributed by atoms with Crippen molar-refractivity contribution in [3.63, 3.8) is 0 Å². The van der Waals surface area contributed by atoms with E-state index >= 15 is 0 Å². The van der Waals surface area contributed by atoms with Gasteiger partial charge in [0.25, 0.3) is 5.82 Å². The number of nitrogens with zero attached hydrogens (tertiary/aromatic N) is 3. The van der Waals surface area contributed by atoms with Crippen molar-refractivity contribution in [3.05, 3.63) is 95.3 Å². The molecule has 0 amide bonds. The van der Waals surface area contributed by atoms with Crippen LogP contribution in [0.1, 0.15) is 22.5 Å². The second-order valence-electron chi connectivity index (χ2n) is 7.33. The summed E-state index contributed by atoms with van der Waals surface area (Å²) in [5, 5.41) is 4.10. The lowest BCUT2D eigenvalue weighted by atomic mass is 10.0. The van der Waals surface area contributed by atoms with E-state index in [2.05, 4.69) is 14.7 Å². The Morgan fingerprint density at radius 1 is 1.03 bits per heavy atom. The van der Waals surface area contributed by atoms with E-state index in [4.69, 9.17) is 20.0 Å². The number of hydrogen-bond donors (Lipinski definition) is 3. The molecule has 4 N–H and O–H groups in total. The van der Waals surface area contributed by atoms with Crippen LogP contribution in [0, 0.1) is 5.95 Å². The smallest absolute Gasteiger partial charge is 0.356 e. The molecule has 0 aliphatic rings. The summed E-state index contributed by atoms with van der Waals surface area (Å²) in [7, 11) is -4.63. The maximum Gasteiger partial charge on any atom is 0.472 e. The Hall–Kier alpha value is -3.43. The van der Waals surface area contributed by atoms with Crippen LogP contribution in [0.3, 0.4) is 0 Å². The Bertz CT molecular complexity index is 1310. The lowest BCUT2D eigenvalue weighted by molar-refractivity contribution is -0.711. The van der Waals surface area contributed by atoms with Crippen LogP contribution in [0.2, 0.25) is 0 Å². The molecule has 33 heavy (non-hydrogen) atoms. The lowest BCUT2D eigenvalue weighted by Gasteiger charge is -2.07. The zero-order chi connectivity index (χ0) is 23.4. The van der Waals surface area contributed by atoms with Gasteiger partial charge in [0.05, 0.1) is 11.9 Å². The fraction of sp³-hybridized carbons (Fsp3) is 0.136. The molecule has 0 unspecified atom stereocenters. The van der Waals surface area contributed by atoms with Crippen LogP contribution >= 0.6 is 7.82 Å². The molecular weight excluding hydrogens is 450 g/mol. The summed E-state index contributed by atoms with van der Waals surface area (Å²) in [5.74, 6) is 0.135. The van der Waals surface area contributed by atoms with Gasteiger partial charge in [-0.05, 0) is 35.4 Å². The van der Waals surface area contributed by atoms with Gasteiger partial charge >= 0.3 is 7.82 Å². The van der Waals surface area contributed by atoms with Crippen molar-refractivity contribution >= 4 is 13.6 Å². The second-order valence-corrected chi connectivity index (χ2v) is 8.57. The number of nitrogens with two attached hydrogens (primary N) is 1. The first-order chi connectivity index (χ1) is 15.8. The summed E-state index contributed by atoms with van der Waals surface area (Å²) >= 11 is 0. The maximum atomic E-state index is 13.3. The Balaban J connectivity index is 1.44. The molecule has 3 heterocycles. The van der Waals surface area contributed by atoms with Crippen molar-refractivity contribution in [3.8, 4) is 11.3 Å². The van der Waals surface area contributed by atoms with Crippen molar-refractivity contribution in [2.45, 2.75) is 19.6 Å². The highest BCUT2D eigenvalue weighted by Gasteiger charge is 2.20. The van der Waals surface area contributed by atoms with E-state index in [-0.39, 0.29) is 5.82 Å². The van der Waals surface area contributed by atoms with Gasteiger partial charge in [0, 0.05) is 24.6 Å². The van der Waals surface area contributed by atoms with Crippen LogP contribution in [0.5, 0.6) is 0 Å². The number of hydrogen-bond acceptors (Lipinski definition) is 6. The number of nitrogen functional groups attached to an aromatic ring is 1. The van der Waals surface area contributed by atoms with Gasteiger partial charge in [-0.2, -0.15) is 4.39 Å². The van der Waals surface area contributed by atoms with Gasteiger partial charge in [-0.15, -0.1) is 0 Å². The fourth-order valence-corrected chi connectivity index (χ4v) is 3.56. The molecule has 11 heteroatoms. The van der Waals surface area contributed by atoms with Crippen LogP contribution in [0.15, 0.2) is 71.4 Å². The average Bonchev–Trinajstić information content (AvgIpc) is 3.22. The Kier molecular flexibility index (Phi) is 6.62. The quantitative estimate of drug-likeness (QED) is 0.203. The van der Waals surface area contributed by atoms with Gasteiger partial charge in [0.15, 0.2) is 5.76 Å². The molecule has 0 saturated heterocycles. The summed E-state index contributed by atoms with van der Waals surface area (Å²) in [6.07, 6.45) is 2.59. The van der Waals surface area contributed by atoms with Gasteiger partial charge in [0.2, 0.25) is 12.7 Å². The number of pyridine rings is 2. The predicted molar refractivity (Wildman–Crippen MR) is 116 cm³/mol. The molecule has 9 nitrogen and oxygen atoms in total. The van der Waals surface area contributed by atoms with E-state index in [1.807, 2.05) is 24.3 Å². The Morgan fingerprint density at radius 3 is 2.39 bits per heavy atom. The zero-order valence-electron chi connectivity index (χ0n) is 17.3. The molecule has 0 bridgehead atoms. The van der Waals surface area contributed by atoms with Crippen molar-refractivity contribution in [2.24, 2.45) is 0 Å². The molecular formula is C22H21FN4O5P+. The molecule has 4 aromatic rings. The van der Waals surface area contributed by atoms with Crippen LogP contribution < -0.4 is 10.3 Å². The number of phosphoric acid groups is 1. The third-order valence-electron chi connectivity index (χ3n) is 4.87. The first kappa shape index (κ1) is 22.8. The van der Waals surface area contributed by atoms with Crippen molar-refractivity contribution < 1.29 is 32.4 Å². The molecule has 3 aromatic heterocycles. The van der Waals surface area contributed by atoms with Gasteiger partial charge in [-0.1, -0.05) is 35.5 Å². The molecule has 0 atom stereocenters. The van der Waals surface area contributed by atoms with E-state index in [1.54, 1.807) is 30.3 Å². The molecule has 0 spiro atoms. The van der Waals surface area contributed by atoms with Crippen LogP contribution in [0.4, 0.5) is 10.2 Å². The van der Waals surface area contributed by atoms with E-state index in [0.29, 0.717) is 35.6 Å². The topological polar surface area (TPSA) is 136 Å². The molecule has 0 radical (unpaired) electrons. The highest BCUT2D eigenvalue weighted by atomic mass is 31.2. The minimum absolute atomic E-state index is 0.212. The summed E-state index contributed by atoms with van der Waals surface area (Å²) in [4.78, 5) is 21.7. The maximum absolute atomic E-state index is 13.3. The molecule has 0 aliphatic heterocycles. The van der Waals surface area contributed by atoms with Gasteiger partial charge in [-0.25, -0.2) is 18.6 Å². The average molecular weight is 471 g/mol. The number of phosphoric ester groups is 1. The summed E-state index contributed by atoms with van der Waals surface area (Å²) in [6, 6.07) is 17.7. The van der Waals surface area contributed by atoms with Crippen molar-refractivity contribution in [1.82, 2.24) is 10.1 Å². The largest absolute Gasteiger partial charge is 0.472 e. The molecule has 4 rings (SSSR count). The number of aromatic nitrogens is 3. The second kappa shape index (κ2) is 9.60. The minimum atomic E-state index is -4.63. The van der Waals surface area contributed by atoms with E-state index < -0.39 is 20.5 Å². The molecule has 0 aliphatic carbocycles. The lowest BCUT2D eigenvalue weighted by Crippen LogP contribution is -2.38. The Morgan fingerprint density at radius 2 is 1.73 bits per heavy atom. The third-order valence-corrected chi connectivity index (χ3v) is 5.32. The van der Waals surface area contributed by atoms with Crippen molar-refractivity contribution in [2.75, 3.05) is 5.73 Å². The monoisotopic (exact) mass is 471 g/mol. The molecule has 0 fully saturated rings. The highest BCUT2D eigenvalue weighted by Crippen LogP contribution is 2.35. The van der Waals surface area contributed by atoms with E-state index in [9.17, 15) is 8.96 Å². The zero-order valence-corrected chi connectivity index (χ0v) is 18.2.